The number of aromatic nitrogens is 1. The molecule has 0 fully saturated rings. The number of unbranched alkanes of at least 4 members (excludes halogenated alkanes) is 1. The zero-order valence-electron chi connectivity index (χ0n) is 11.5. The van der Waals surface area contributed by atoms with E-state index in [0.717, 1.165) is 24.5 Å². The molecule has 1 unspecified atom stereocenters. The van der Waals surface area contributed by atoms with Crippen LogP contribution >= 0.6 is 0 Å². The first-order valence-corrected chi connectivity index (χ1v) is 6.58. The van der Waals surface area contributed by atoms with Gasteiger partial charge in [0, 0.05) is 12.6 Å². The molecule has 1 aromatic rings. The van der Waals surface area contributed by atoms with E-state index in [1.54, 1.807) is 6.20 Å². The van der Waals surface area contributed by atoms with Crippen molar-refractivity contribution in [1.29, 1.82) is 0 Å². The molecule has 1 rings (SSSR count). The number of anilines is 2. The topological polar surface area (TPSA) is 42.2 Å². The molecule has 2 N–H and O–H groups in total. The van der Waals surface area contributed by atoms with Gasteiger partial charge in [-0.25, -0.2) is 4.98 Å². The fourth-order valence-corrected chi connectivity index (χ4v) is 1.97. The Morgan fingerprint density at radius 3 is 2.65 bits per heavy atom. The van der Waals surface area contributed by atoms with Crippen LogP contribution in [0.4, 0.5) is 11.5 Å². The fraction of sp³-hybridized carbons (Fsp3) is 0.643. The molecule has 0 aliphatic rings. The van der Waals surface area contributed by atoms with E-state index in [1.165, 1.54) is 18.4 Å². The summed E-state index contributed by atoms with van der Waals surface area (Å²) in [5.41, 5.74) is 7.66. The standard InChI is InChI=1S/C14H25N3/c1-5-7-8-17(12(4)6-2)14-11(3)9-13(15)10-16-14/h9-10,12H,5-8,15H2,1-4H3. The molecule has 0 aromatic carbocycles. The van der Waals surface area contributed by atoms with Crippen molar-refractivity contribution >= 4 is 11.5 Å². The highest BCUT2D eigenvalue weighted by atomic mass is 15.2. The number of pyridine rings is 1. The van der Waals surface area contributed by atoms with Gasteiger partial charge in [0.25, 0.3) is 0 Å². The third-order valence-corrected chi connectivity index (χ3v) is 3.22. The Kier molecular flexibility index (Phi) is 5.26. The minimum atomic E-state index is 0.524. The number of aryl methyl sites for hydroxylation is 1. The van der Waals surface area contributed by atoms with Crippen LogP contribution in [0, 0.1) is 6.92 Å². The Balaban J connectivity index is 2.95. The highest BCUT2D eigenvalue weighted by Gasteiger charge is 2.15. The van der Waals surface area contributed by atoms with Gasteiger partial charge in [-0.2, -0.15) is 0 Å². The lowest BCUT2D eigenvalue weighted by atomic mass is 10.1. The average molecular weight is 235 g/mol. The summed E-state index contributed by atoms with van der Waals surface area (Å²) in [6.07, 6.45) is 5.30. The van der Waals surface area contributed by atoms with Crippen LogP contribution in [0.3, 0.4) is 0 Å². The molecule has 0 radical (unpaired) electrons. The van der Waals surface area contributed by atoms with Gasteiger partial charge in [-0.05, 0) is 38.3 Å². The van der Waals surface area contributed by atoms with Gasteiger partial charge in [-0.1, -0.05) is 20.3 Å². The molecule has 1 aromatic heterocycles. The van der Waals surface area contributed by atoms with Crippen LogP contribution in [0.25, 0.3) is 0 Å². The van der Waals surface area contributed by atoms with Gasteiger partial charge >= 0.3 is 0 Å². The van der Waals surface area contributed by atoms with Gasteiger partial charge < -0.3 is 10.6 Å². The quantitative estimate of drug-likeness (QED) is 0.822. The average Bonchev–Trinajstić information content (AvgIpc) is 2.31. The number of nitrogen functional groups attached to an aromatic ring is 1. The van der Waals surface area contributed by atoms with Crippen molar-refractivity contribution in [3.63, 3.8) is 0 Å². The number of hydrogen-bond acceptors (Lipinski definition) is 3. The van der Waals surface area contributed by atoms with Crippen molar-refractivity contribution in [2.24, 2.45) is 0 Å². The van der Waals surface area contributed by atoms with E-state index in [0.29, 0.717) is 6.04 Å². The van der Waals surface area contributed by atoms with Crippen LogP contribution < -0.4 is 10.6 Å². The molecule has 0 saturated heterocycles. The Morgan fingerprint density at radius 1 is 1.41 bits per heavy atom. The highest BCUT2D eigenvalue weighted by molar-refractivity contribution is 5.53. The third kappa shape index (κ3) is 3.62. The summed E-state index contributed by atoms with van der Waals surface area (Å²) >= 11 is 0. The summed E-state index contributed by atoms with van der Waals surface area (Å²) in [4.78, 5) is 6.90. The van der Waals surface area contributed by atoms with Gasteiger partial charge in [-0.3, -0.25) is 0 Å². The molecule has 17 heavy (non-hydrogen) atoms. The molecule has 0 aliphatic heterocycles. The van der Waals surface area contributed by atoms with Crippen molar-refractivity contribution in [3.8, 4) is 0 Å². The zero-order valence-corrected chi connectivity index (χ0v) is 11.5. The summed E-state index contributed by atoms with van der Waals surface area (Å²) in [7, 11) is 0. The molecule has 3 heteroatoms. The van der Waals surface area contributed by atoms with Crippen molar-refractivity contribution in [1.82, 2.24) is 4.98 Å². The van der Waals surface area contributed by atoms with Crippen LogP contribution in [0.5, 0.6) is 0 Å². The van der Waals surface area contributed by atoms with Crippen LogP contribution in [-0.4, -0.2) is 17.6 Å². The minimum absolute atomic E-state index is 0.524. The van der Waals surface area contributed by atoms with E-state index in [4.69, 9.17) is 5.73 Å². The normalized spacial score (nSPS) is 12.5. The maximum atomic E-state index is 5.76. The Labute approximate surface area is 105 Å². The van der Waals surface area contributed by atoms with Crippen LogP contribution in [0.15, 0.2) is 12.3 Å². The summed E-state index contributed by atoms with van der Waals surface area (Å²) in [6.45, 7) is 9.85. The number of rotatable bonds is 6. The van der Waals surface area contributed by atoms with E-state index >= 15 is 0 Å². The first-order valence-electron chi connectivity index (χ1n) is 6.58. The second-order valence-corrected chi connectivity index (χ2v) is 4.71. The molecular weight excluding hydrogens is 210 g/mol. The first kappa shape index (κ1) is 13.8. The molecule has 0 aliphatic carbocycles. The van der Waals surface area contributed by atoms with Crippen molar-refractivity contribution < 1.29 is 0 Å². The summed E-state index contributed by atoms with van der Waals surface area (Å²) in [6, 6.07) is 2.53. The number of hydrogen-bond donors (Lipinski definition) is 1. The maximum Gasteiger partial charge on any atom is 0.131 e. The molecule has 3 nitrogen and oxygen atoms in total. The van der Waals surface area contributed by atoms with Gasteiger partial charge in [0.15, 0.2) is 0 Å². The summed E-state index contributed by atoms with van der Waals surface area (Å²) in [5.74, 6) is 1.09. The van der Waals surface area contributed by atoms with Crippen molar-refractivity contribution in [2.45, 2.75) is 53.0 Å². The lowest BCUT2D eigenvalue weighted by molar-refractivity contribution is 0.588. The summed E-state index contributed by atoms with van der Waals surface area (Å²) in [5, 5.41) is 0. The predicted octanol–water partition coefficient (Wildman–Crippen LogP) is 3.38. The highest BCUT2D eigenvalue weighted by Crippen LogP contribution is 2.22. The molecule has 0 spiro atoms. The Hall–Kier alpha value is -1.25. The first-order chi connectivity index (χ1) is 8.10. The van der Waals surface area contributed by atoms with E-state index in [9.17, 15) is 0 Å². The second kappa shape index (κ2) is 6.48. The lowest BCUT2D eigenvalue weighted by Gasteiger charge is -2.31. The zero-order chi connectivity index (χ0) is 12.8. The SMILES string of the molecule is CCCCN(c1ncc(N)cc1C)C(C)CC. The molecule has 1 atom stereocenters. The predicted molar refractivity (Wildman–Crippen MR) is 75.4 cm³/mol. The molecular formula is C14H25N3. The number of nitrogens with two attached hydrogens (primary N) is 1. The second-order valence-electron chi connectivity index (χ2n) is 4.71. The molecule has 1 heterocycles. The lowest BCUT2D eigenvalue weighted by Crippen LogP contribution is -2.34. The van der Waals surface area contributed by atoms with E-state index in [-0.39, 0.29) is 0 Å². The van der Waals surface area contributed by atoms with E-state index in [2.05, 4.69) is 37.6 Å². The Morgan fingerprint density at radius 2 is 2.12 bits per heavy atom. The molecule has 96 valence electrons. The minimum Gasteiger partial charge on any atom is -0.397 e. The van der Waals surface area contributed by atoms with E-state index in [1.807, 2.05) is 6.07 Å². The third-order valence-electron chi connectivity index (χ3n) is 3.22. The maximum absolute atomic E-state index is 5.76. The van der Waals surface area contributed by atoms with Crippen LogP contribution in [0.1, 0.15) is 45.6 Å². The summed E-state index contributed by atoms with van der Waals surface area (Å²) < 4.78 is 0. The van der Waals surface area contributed by atoms with Gasteiger partial charge in [0.1, 0.15) is 5.82 Å². The van der Waals surface area contributed by atoms with Crippen molar-refractivity contribution in [2.75, 3.05) is 17.2 Å². The monoisotopic (exact) mass is 235 g/mol. The molecule has 0 saturated carbocycles. The van der Waals surface area contributed by atoms with Gasteiger partial charge in [0.2, 0.25) is 0 Å². The van der Waals surface area contributed by atoms with Crippen LogP contribution in [0.2, 0.25) is 0 Å². The van der Waals surface area contributed by atoms with Crippen LogP contribution in [-0.2, 0) is 0 Å². The largest absolute Gasteiger partial charge is 0.397 e. The van der Waals surface area contributed by atoms with Gasteiger partial charge in [0.05, 0.1) is 11.9 Å². The smallest absolute Gasteiger partial charge is 0.131 e. The Bertz CT molecular complexity index is 349. The molecule has 0 bridgehead atoms. The van der Waals surface area contributed by atoms with Gasteiger partial charge in [-0.15, -0.1) is 0 Å². The number of nitrogens with zero attached hydrogens (tertiary/aromatic N) is 2. The van der Waals surface area contributed by atoms with E-state index < -0.39 is 0 Å². The van der Waals surface area contributed by atoms with Crippen molar-refractivity contribution in [3.05, 3.63) is 17.8 Å². The molecule has 0 amide bonds. The fourth-order valence-electron chi connectivity index (χ4n) is 1.97.